The minimum absolute atomic E-state index is 0.136. The number of anilines is 2. The summed E-state index contributed by atoms with van der Waals surface area (Å²) in [5.41, 5.74) is -0.0362. The van der Waals surface area contributed by atoms with Crippen LogP contribution in [0.4, 0.5) is 21.2 Å². The molecule has 2 fully saturated rings. The van der Waals surface area contributed by atoms with Crippen LogP contribution in [-0.2, 0) is 28.5 Å². The number of aryl methyl sites for hydroxylation is 2. The van der Waals surface area contributed by atoms with Crippen molar-refractivity contribution in [3.05, 3.63) is 44.5 Å². The highest BCUT2D eigenvalue weighted by molar-refractivity contribution is 5.91. The van der Waals surface area contributed by atoms with Crippen molar-refractivity contribution in [3.63, 3.8) is 0 Å². The molecular weight excluding hydrogens is 668 g/mol. The zero-order valence-electron chi connectivity index (χ0n) is 30.7. The Bertz CT molecular complexity index is 1670. The molecule has 0 saturated carbocycles. The third-order valence-electron chi connectivity index (χ3n) is 9.42. The number of amides is 4. The molecule has 2 N–H and O–H groups in total. The first-order chi connectivity index (χ1) is 24.3. The van der Waals surface area contributed by atoms with Gasteiger partial charge in [-0.05, 0) is 20.3 Å². The smallest absolute Gasteiger partial charge is 0.351 e. The number of hydrogen-bond donors (Lipinski definition) is 2. The predicted molar refractivity (Wildman–Crippen MR) is 185 cm³/mol. The molecule has 2 aromatic rings. The molecule has 0 aliphatic carbocycles. The number of carbonyl (C=O) groups is 3. The highest BCUT2D eigenvalue weighted by atomic mass is 16.6. The van der Waals surface area contributed by atoms with Crippen LogP contribution < -0.4 is 31.8 Å². The highest BCUT2D eigenvalue weighted by Crippen LogP contribution is 2.37. The zero-order chi connectivity index (χ0) is 37.6. The van der Waals surface area contributed by atoms with Crippen LogP contribution in [0, 0.1) is 25.7 Å². The van der Waals surface area contributed by atoms with Crippen LogP contribution in [-0.4, -0.2) is 117 Å². The fraction of sp³-hybridized carbons (Fsp3) is 0.667. The van der Waals surface area contributed by atoms with E-state index in [1.165, 1.54) is 40.1 Å². The van der Waals surface area contributed by atoms with E-state index in [0.29, 0.717) is 24.2 Å². The lowest BCUT2D eigenvalue weighted by Gasteiger charge is -2.23. The zero-order valence-corrected chi connectivity index (χ0v) is 30.7. The van der Waals surface area contributed by atoms with Crippen molar-refractivity contribution in [2.75, 3.05) is 64.9 Å². The summed E-state index contributed by atoms with van der Waals surface area (Å²) < 4.78 is 31.2. The minimum Gasteiger partial charge on any atom is -0.382 e. The molecule has 18 nitrogen and oxygen atoms in total. The molecular formula is C33H50N8O10. The van der Waals surface area contributed by atoms with Gasteiger partial charge in [0.2, 0.25) is 0 Å². The maximum absolute atomic E-state index is 13.1. The quantitative estimate of drug-likeness (QED) is 0.209. The molecule has 0 bridgehead atoms. The van der Waals surface area contributed by atoms with Gasteiger partial charge in [-0.3, -0.25) is 18.9 Å². The number of hydrogen-bond acceptors (Lipinski definition) is 12. The van der Waals surface area contributed by atoms with Gasteiger partial charge < -0.3 is 39.1 Å². The maximum Gasteiger partial charge on any atom is 0.351 e. The number of carbonyl (C=O) groups excluding carboxylic acids is 3. The molecule has 0 radical (unpaired) electrons. The fourth-order valence-corrected chi connectivity index (χ4v) is 6.78. The SMILES string of the molecule is COCC1OC(n2cc(C)c(N(C)C(=O)NCCCNC(=O)N(C)c3nc(=O)n(C4OC(CC=O)C(OC)C4C)cc3C)nc2=O)C(C)C1OC. The molecule has 51 heavy (non-hydrogen) atoms. The van der Waals surface area contributed by atoms with Crippen molar-refractivity contribution in [3.8, 4) is 0 Å². The monoisotopic (exact) mass is 718 g/mol. The van der Waals surface area contributed by atoms with E-state index in [-0.39, 0.29) is 61.3 Å². The van der Waals surface area contributed by atoms with E-state index in [1.807, 2.05) is 13.8 Å². The largest absolute Gasteiger partial charge is 0.382 e. The molecule has 0 aromatic carbocycles. The number of aldehydes is 1. The number of ether oxygens (including phenoxy) is 5. The van der Waals surface area contributed by atoms with Gasteiger partial charge in [0.15, 0.2) is 0 Å². The Labute approximate surface area is 296 Å². The van der Waals surface area contributed by atoms with E-state index in [2.05, 4.69) is 20.6 Å². The molecule has 2 aromatic heterocycles. The summed E-state index contributed by atoms with van der Waals surface area (Å²) in [6, 6.07) is -0.972. The van der Waals surface area contributed by atoms with E-state index in [1.54, 1.807) is 40.5 Å². The Morgan fingerprint density at radius 2 is 1.25 bits per heavy atom. The Hall–Kier alpha value is -4.23. The molecule has 2 aliphatic rings. The lowest BCUT2D eigenvalue weighted by molar-refractivity contribution is -0.112. The second-order valence-corrected chi connectivity index (χ2v) is 12.9. The molecule has 8 unspecified atom stereocenters. The Morgan fingerprint density at radius 1 is 0.824 bits per heavy atom. The molecule has 4 amide bonds. The summed E-state index contributed by atoms with van der Waals surface area (Å²) in [5, 5.41) is 5.52. The number of nitrogens with zero attached hydrogens (tertiary/aromatic N) is 6. The van der Waals surface area contributed by atoms with Crippen molar-refractivity contribution in [1.82, 2.24) is 29.7 Å². The van der Waals surface area contributed by atoms with Gasteiger partial charge in [0.25, 0.3) is 0 Å². The van der Waals surface area contributed by atoms with E-state index in [4.69, 9.17) is 23.7 Å². The minimum atomic E-state index is -0.685. The molecule has 8 atom stereocenters. The Kier molecular flexibility index (Phi) is 13.4. The summed E-state index contributed by atoms with van der Waals surface area (Å²) >= 11 is 0. The number of urea groups is 2. The lowest BCUT2D eigenvalue weighted by Crippen LogP contribution is -2.42. The molecule has 0 spiro atoms. The topological polar surface area (TPSA) is 198 Å². The third-order valence-corrected chi connectivity index (χ3v) is 9.42. The van der Waals surface area contributed by atoms with Crippen LogP contribution in [0.15, 0.2) is 22.0 Å². The van der Waals surface area contributed by atoms with Crippen molar-refractivity contribution < 1.29 is 38.1 Å². The van der Waals surface area contributed by atoms with Gasteiger partial charge >= 0.3 is 23.4 Å². The average Bonchev–Trinajstić information content (AvgIpc) is 3.59. The van der Waals surface area contributed by atoms with Gasteiger partial charge in [0, 0.05) is 90.3 Å². The first kappa shape index (κ1) is 39.6. The van der Waals surface area contributed by atoms with Crippen LogP contribution >= 0.6 is 0 Å². The van der Waals surface area contributed by atoms with Gasteiger partial charge in [-0.1, -0.05) is 13.8 Å². The average molecular weight is 719 g/mol. The predicted octanol–water partition coefficient (Wildman–Crippen LogP) is 1.13. The molecule has 4 rings (SSSR count). The van der Waals surface area contributed by atoms with Crippen LogP contribution in [0.5, 0.6) is 0 Å². The number of aromatic nitrogens is 4. The van der Waals surface area contributed by atoms with Crippen LogP contribution in [0.2, 0.25) is 0 Å². The van der Waals surface area contributed by atoms with E-state index in [9.17, 15) is 24.0 Å². The lowest BCUT2D eigenvalue weighted by atomic mass is 10.0. The van der Waals surface area contributed by atoms with Crippen LogP contribution in [0.1, 0.15) is 50.3 Å². The second-order valence-electron chi connectivity index (χ2n) is 12.9. The van der Waals surface area contributed by atoms with Crippen molar-refractivity contribution >= 4 is 30.0 Å². The van der Waals surface area contributed by atoms with Crippen molar-refractivity contribution in [1.29, 1.82) is 0 Å². The molecule has 18 heteroatoms. The molecule has 4 heterocycles. The first-order valence-corrected chi connectivity index (χ1v) is 16.8. The standard InChI is InChI=1S/C33H50N8O10/c1-18-15-40(28-20(3)24(48-8)22(50-28)11-14-42)32(45)36-26(18)38(5)30(43)34-12-10-13-35-31(44)39(6)27-19(2)16-41(33(46)37-27)29-21(4)25(49-9)23(51-29)17-47-7/h14-16,20-25,28-29H,10-13,17H2,1-9H3,(H,34,43)(H,35,44). The first-order valence-electron chi connectivity index (χ1n) is 16.8. The van der Waals surface area contributed by atoms with Gasteiger partial charge in [0.1, 0.15) is 36.5 Å². The van der Waals surface area contributed by atoms with Crippen LogP contribution in [0.25, 0.3) is 0 Å². The summed E-state index contributed by atoms with van der Waals surface area (Å²) in [6.07, 6.45) is 1.70. The number of methoxy groups -OCH3 is 3. The van der Waals surface area contributed by atoms with E-state index >= 15 is 0 Å². The van der Waals surface area contributed by atoms with Crippen LogP contribution in [0.3, 0.4) is 0 Å². The summed E-state index contributed by atoms with van der Waals surface area (Å²) in [6.45, 7) is 8.02. The third kappa shape index (κ3) is 8.47. The van der Waals surface area contributed by atoms with Gasteiger partial charge in [0.05, 0.1) is 24.9 Å². The Balaban J connectivity index is 1.29. The number of nitrogens with one attached hydrogen (secondary N) is 2. The van der Waals surface area contributed by atoms with Gasteiger partial charge in [-0.25, -0.2) is 19.2 Å². The second kappa shape index (κ2) is 17.3. The summed E-state index contributed by atoms with van der Waals surface area (Å²) in [7, 11) is 7.70. The summed E-state index contributed by atoms with van der Waals surface area (Å²) in [5.74, 6) is -0.00664. The highest BCUT2D eigenvalue weighted by Gasteiger charge is 2.44. The van der Waals surface area contributed by atoms with Crippen molar-refractivity contribution in [2.24, 2.45) is 11.8 Å². The molecule has 2 saturated heterocycles. The normalized spacial score (nSPS) is 25.8. The molecule has 2 aliphatic heterocycles. The fourth-order valence-electron chi connectivity index (χ4n) is 6.78. The van der Waals surface area contributed by atoms with E-state index in [0.717, 1.165) is 6.29 Å². The maximum atomic E-state index is 13.1. The van der Waals surface area contributed by atoms with E-state index < -0.39 is 42.0 Å². The Morgan fingerprint density at radius 3 is 1.67 bits per heavy atom. The van der Waals surface area contributed by atoms with Crippen molar-refractivity contribution in [2.45, 2.75) is 77.4 Å². The van der Waals surface area contributed by atoms with Gasteiger partial charge in [-0.2, -0.15) is 9.97 Å². The number of rotatable bonds is 14. The molecule has 282 valence electrons. The van der Waals surface area contributed by atoms with Gasteiger partial charge in [-0.15, -0.1) is 0 Å². The summed E-state index contributed by atoms with van der Waals surface area (Å²) in [4.78, 5) is 73.9.